The number of carboxylic acids is 1. The molecule has 0 aliphatic carbocycles. The van der Waals surface area contributed by atoms with Crippen LogP contribution in [-0.2, 0) is 28.4 Å². The highest BCUT2D eigenvalue weighted by Gasteiger charge is 2.42. The van der Waals surface area contributed by atoms with Gasteiger partial charge in [-0.1, -0.05) is 6.92 Å². The highest BCUT2D eigenvalue weighted by molar-refractivity contribution is 5.90. The summed E-state index contributed by atoms with van der Waals surface area (Å²) in [6.45, 7) is 3.19. The number of carbonyl (C=O) groups excluding carboxylic acids is 1. The number of ether oxygens (including phenoxy) is 3. The van der Waals surface area contributed by atoms with Crippen molar-refractivity contribution in [1.29, 1.82) is 0 Å². The number of aliphatic carboxylic acids is 1. The van der Waals surface area contributed by atoms with Gasteiger partial charge in [0.15, 0.2) is 5.75 Å². The molecule has 1 amide bonds. The molecule has 2 aromatic heterocycles. The second kappa shape index (κ2) is 15.6. The van der Waals surface area contributed by atoms with Crippen molar-refractivity contribution in [3.63, 3.8) is 0 Å². The van der Waals surface area contributed by atoms with E-state index in [0.29, 0.717) is 37.1 Å². The molecule has 0 radical (unpaired) electrons. The van der Waals surface area contributed by atoms with Crippen molar-refractivity contribution in [1.82, 2.24) is 15.0 Å². The van der Waals surface area contributed by atoms with Crippen LogP contribution in [0.25, 0.3) is 0 Å². The number of nitrogens with zero attached hydrogens (tertiary/aromatic N) is 5. The molecule has 266 valence electrons. The number of halogens is 6. The number of fused-ring (bicyclic) bond motifs is 1. The van der Waals surface area contributed by atoms with Crippen LogP contribution in [0.4, 0.5) is 42.8 Å². The summed E-state index contributed by atoms with van der Waals surface area (Å²) in [5, 5.41) is 8.81. The highest BCUT2D eigenvalue weighted by Crippen LogP contribution is 2.44. The van der Waals surface area contributed by atoms with Crippen LogP contribution in [0.2, 0.25) is 0 Å². The number of rotatable bonds is 13. The number of hydrogen-bond donors (Lipinski definition) is 1. The molecule has 3 heterocycles. The number of unbranched alkanes of at least 4 members (excludes halogenated alkanes) is 1. The number of aromatic nitrogens is 3. The van der Waals surface area contributed by atoms with Gasteiger partial charge in [0.05, 0.1) is 61.3 Å². The highest BCUT2D eigenvalue weighted by atomic mass is 19.4. The average Bonchev–Trinajstić information content (AvgIpc) is 3.05. The van der Waals surface area contributed by atoms with Gasteiger partial charge in [0.1, 0.15) is 0 Å². The van der Waals surface area contributed by atoms with E-state index in [-0.39, 0.29) is 61.0 Å². The Bertz CT molecular complexity index is 1570. The average molecular weight is 700 g/mol. The van der Waals surface area contributed by atoms with Crippen LogP contribution in [0.3, 0.4) is 0 Å². The van der Waals surface area contributed by atoms with Crippen LogP contribution in [0.15, 0.2) is 42.7 Å². The lowest BCUT2D eigenvalue weighted by Crippen LogP contribution is -2.48. The molecule has 11 nitrogen and oxygen atoms in total. The van der Waals surface area contributed by atoms with Crippen molar-refractivity contribution in [2.75, 3.05) is 30.1 Å². The fourth-order valence-electron chi connectivity index (χ4n) is 5.48. The SMILES string of the molecule is CCOC(=O)N1c2ccc(OC)nc2C(N(Cc2cc(C(F)(F)F)cc(C(F)(F)F)c2)c2ncc(OCCCCC(=O)O)cn2)C[C@H]1CC. The maximum absolute atomic E-state index is 13.8. The summed E-state index contributed by atoms with van der Waals surface area (Å²) in [5.74, 6) is -0.651. The molecule has 49 heavy (non-hydrogen) atoms. The van der Waals surface area contributed by atoms with Gasteiger partial charge in [-0.05, 0) is 62.4 Å². The molecular weight excluding hydrogens is 664 g/mol. The third kappa shape index (κ3) is 9.20. The van der Waals surface area contributed by atoms with Crippen LogP contribution in [-0.4, -0.2) is 58.5 Å². The lowest BCUT2D eigenvalue weighted by molar-refractivity contribution is -0.143. The van der Waals surface area contributed by atoms with Crippen molar-refractivity contribution in [2.24, 2.45) is 0 Å². The van der Waals surface area contributed by atoms with Crippen LogP contribution in [0, 0.1) is 0 Å². The maximum Gasteiger partial charge on any atom is 0.416 e. The minimum Gasteiger partial charge on any atom is -0.490 e. The Hall–Kier alpha value is -4.83. The molecule has 1 aliphatic heterocycles. The fourth-order valence-corrected chi connectivity index (χ4v) is 5.48. The Morgan fingerprint density at radius 2 is 1.65 bits per heavy atom. The van der Waals surface area contributed by atoms with Gasteiger partial charge in [0.25, 0.3) is 0 Å². The zero-order valence-electron chi connectivity index (χ0n) is 26.8. The van der Waals surface area contributed by atoms with E-state index in [1.54, 1.807) is 13.0 Å². The fraction of sp³-hybridized carbons (Fsp3) is 0.469. The number of anilines is 2. The van der Waals surface area contributed by atoms with E-state index in [0.717, 1.165) is 0 Å². The summed E-state index contributed by atoms with van der Waals surface area (Å²) < 4.78 is 99.2. The summed E-state index contributed by atoms with van der Waals surface area (Å²) >= 11 is 0. The molecule has 0 saturated carbocycles. The van der Waals surface area contributed by atoms with Gasteiger partial charge in [-0.15, -0.1) is 0 Å². The largest absolute Gasteiger partial charge is 0.490 e. The molecule has 3 aromatic rings. The van der Waals surface area contributed by atoms with E-state index in [9.17, 15) is 35.9 Å². The van der Waals surface area contributed by atoms with E-state index in [1.807, 2.05) is 6.92 Å². The topological polar surface area (TPSA) is 127 Å². The van der Waals surface area contributed by atoms with Gasteiger partial charge in [-0.25, -0.2) is 19.7 Å². The Morgan fingerprint density at radius 1 is 1.00 bits per heavy atom. The first-order chi connectivity index (χ1) is 23.2. The zero-order valence-corrected chi connectivity index (χ0v) is 26.8. The molecule has 2 atom stereocenters. The van der Waals surface area contributed by atoms with Gasteiger partial charge in [0, 0.05) is 25.1 Å². The second-order valence-corrected chi connectivity index (χ2v) is 11.1. The Labute approximate surface area is 277 Å². The van der Waals surface area contributed by atoms with Crippen molar-refractivity contribution in [3.05, 3.63) is 65.1 Å². The number of alkyl halides is 6. The second-order valence-electron chi connectivity index (χ2n) is 11.1. The molecule has 4 rings (SSSR count). The minimum absolute atomic E-state index is 0.0343. The smallest absolute Gasteiger partial charge is 0.416 e. The summed E-state index contributed by atoms with van der Waals surface area (Å²) in [4.78, 5) is 40.0. The van der Waals surface area contributed by atoms with Gasteiger partial charge in [0.2, 0.25) is 11.8 Å². The summed E-state index contributed by atoms with van der Waals surface area (Å²) in [5.41, 5.74) is -2.73. The number of pyridine rings is 1. The van der Waals surface area contributed by atoms with Crippen molar-refractivity contribution >= 4 is 23.7 Å². The van der Waals surface area contributed by atoms with Crippen LogP contribution in [0.5, 0.6) is 11.6 Å². The quantitative estimate of drug-likeness (QED) is 0.142. The number of carboxylic acid groups (broad SMARTS) is 1. The normalized spacial score (nSPS) is 16.1. The van der Waals surface area contributed by atoms with Gasteiger partial charge in [-0.2, -0.15) is 26.3 Å². The molecule has 0 spiro atoms. The standard InChI is InChI=1S/C32H35F6N5O6/c1-4-22-15-25(28-24(9-10-26(41-28)47-3)43(22)30(46)48-5-2)42(29-39-16-23(17-40-29)49-11-7-6-8-27(44)45)18-19-12-20(31(33,34)35)14-21(13-19)32(36,37)38/h9-10,12-14,16-17,22,25H,4-8,11,15,18H2,1-3H3,(H,44,45)/t22-,25?/m1/s1. The molecule has 1 N–H and O–H groups in total. The molecule has 17 heteroatoms. The summed E-state index contributed by atoms with van der Waals surface area (Å²) in [6.07, 6.45) is -6.90. The van der Waals surface area contributed by atoms with E-state index in [4.69, 9.17) is 19.3 Å². The molecule has 1 unspecified atom stereocenters. The molecule has 0 fully saturated rings. The Morgan fingerprint density at radius 3 is 2.20 bits per heavy atom. The third-order valence-corrected chi connectivity index (χ3v) is 7.76. The first-order valence-corrected chi connectivity index (χ1v) is 15.4. The van der Waals surface area contributed by atoms with Crippen molar-refractivity contribution in [3.8, 4) is 11.6 Å². The molecule has 0 bridgehead atoms. The number of benzene rings is 1. The Balaban J connectivity index is 1.82. The first kappa shape index (κ1) is 37.0. The summed E-state index contributed by atoms with van der Waals surface area (Å²) in [6, 6.07) is 3.05. The molecule has 1 aromatic carbocycles. The number of hydrogen-bond acceptors (Lipinski definition) is 9. The number of methoxy groups -OCH3 is 1. The maximum atomic E-state index is 13.8. The first-order valence-electron chi connectivity index (χ1n) is 15.4. The van der Waals surface area contributed by atoms with E-state index >= 15 is 0 Å². The van der Waals surface area contributed by atoms with E-state index in [2.05, 4.69) is 15.0 Å². The monoisotopic (exact) mass is 699 g/mol. The predicted molar refractivity (Wildman–Crippen MR) is 163 cm³/mol. The molecule has 1 aliphatic rings. The number of carbonyl (C=O) groups is 2. The minimum atomic E-state index is -5.07. The predicted octanol–water partition coefficient (Wildman–Crippen LogP) is 7.44. The van der Waals surface area contributed by atoms with Crippen LogP contribution < -0.4 is 19.3 Å². The number of amides is 1. The summed E-state index contributed by atoms with van der Waals surface area (Å²) in [7, 11) is 1.37. The van der Waals surface area contributed by atoms with Crippen molar-refractivity contribution < 1.29 is 55.2 Å². The lowest BCUT2D eigenvalue weighted by atomic mass is 9.92. The van der Waals surface area contributed by atoms with E-state index in [1.165, 1.54) is 35.4 Å². The van der Waals surface area contributed by atoms with Gasteiger partial charge in [-0.3, -0.25) is 9.69 Å². The zero-order chi connectivity index (χ0) is 35.9. The van der Waals surface area contributed by atoms with Crippen LogP contribution in [0.1, 0.15) is 74.4 Å². The van der Waals surface area contributed by atoms with Crippen LogP contribution >= 0.6 is 0 Å². The van der Waals surface area contributed by atoms with Crippen molar-refractivity contribution in [2.45, 2.75) is 76.9 Å². The molecular formula is C32H35F6N5O6. The third-order valence-electron chi connectivity index (χ3n) is 7.76. The van der Waals surface area contributed by atoms with Gasteiger partial charge < -0.3 is 24.2 Å². The van der Waals surface area contributed by atoms with E-state index < -0.39 is 54.2 Å². The Kier molecular flexibility index (Phi) is 11.8. The molecule has 0 saturated heterocycles. The van der Waals surface area contributed by atoms with Gasteiger partial charge >= 0.3 is 24.4 Å². The lowest BCUT2D eigenvalue weighted by Gasteiger charge is -2.43.